The van der Waals surface area contributed by atoms with E-state index in [1.807, 2.05) is 6.92 Å². The first-order valence-corrected chi connectivity index (χ1v) is 5.27. The molecule has 1 unspecified atom stereocenters. The van der Waals surface area contributed by atoms with Crippen molar-refractivity contribution < 1.29 is 19.7 Å². The quantitative estimate of drug-likeness (QED) is 0.723. The first-order chi connectivity index (χ1) is 7.74. The van der Waals surface area contributed by atoms with Crippen LogP contribution in [0.5, 0.6) is 5.75 Å². The second kappa shape index (κ2) is 6.48. The van der Waals surface area contributed by atoms with Gasteiger partial charge in [0.15, 0.2) is 6.79 Å². The lowest BCUT2D eigenvalue weighted by Gasteiger charge is -2.17. The number of aliphatic hydroxyl groups is 2. The summed E-state index contributed by atoms with van der Waals surface area (Å²) in [6.45, 7) is 1.88. The number of hydrogen-bond acceptors (Lipinski definition) is 4. The minimum Gasteiger partial charge on any atom is -0.467 e. The summed E-state index contributed by atoms with van der Waals surface area (Å²) in [5.74, 6) is 0.558. The van der Waals surface area contributed by atoms with Crippen LogP contribution >= 0.6 is 0 Å². The smallest absolute Gasteiger partial charge is 0.188 e. The highest BCUT2D eigenvalue weighted by molar-refractivity contribution is 5.41. The van der Waals surface area contributed by atoms with Crippen molar-refractivity contribution in [3.8, 4) is 5.75 Å². The van der Waals surface area contributed by atoms with Crippen molar-refractivity contribution in [3.05, 3.63) is 29.3 Å². The minimum atomic E-state index is -0.629. The molecule has 1 aromatic carbocycles. The lowest BCUT2D eigenvalue weighted by Crippen LogP contribution is -2.07. The zero-order valence-electron chi connectivity index (χ0n) is 9.64. The molecule has 0 aliphatic carbocycles. The van der Waals surface area contributed by atoms with Gasteiger partial charge in [-0.1, -0.05) is 19.1 Å². The minimum absolute atomic E-state index is 0.115. The van der Waals surface area contributed by atoms with Crippen molar-refractivity contribution in [2.24, 2.45) is 0 Å². The Morgan fingerprint density at radius 2 is 2.12 bits per heavy atom. The first kappa shape index (κ1) is 13.0. The highest BCUT2D eigenvalue weighted by Crippen LogP contribution is 2.30. The Kier molecular flexibility index (Phi) is 5.25. The van der Waals surface area contributed by atoms with E-state index in [0.717, 1.165) is 0 Å². The maximum Gasteiger partial charge on any atom is 0.188 e. The molecular weight excluding hydrogens is 208 g/mol. The SMILES string of the molecule is CCC(O)c1c(CO)cccc1OCOC. The van der Waals surface area contributed by atoms with Crippen LogP contribution in [-0.4, -0.2) is 24.1 Å². The molecule has 1 aromatic rings. The van der Waals surface area contributed by atoms with E-state index in [0.29, 0.717) is 23.3 Å². The Morgan fingerprint density at radius 1 is 1.38 bits per heavy atom. The molecule has 0 heterocycles. The topological polar surface area (TPSA) is 58.9 Å². The molecule has 0 fully saturated rings. The highest BCUT2D eigenvalue weighted by atomic mass is 16.7. The number of rotatable bonds is 6. The molecule has 4 heteroatoms. The van der Waals surface area contributed by atoms with E-state index in [-0.39, 0.29) is 13.4 Å². The molecule has 16 heavy (non-hydrogen) atoms. The zero-order chi connectivity index (χ0) is 12.0. The average Bonchev–Trinajstić information content (AvgIpc) is 2.34. The van der Waals surface area contributed by atoms with Crippen LogP contribution in [0, 0.1) is 0 Å². The predicted octanol–water partition coefficient (Wildman–Crippen LogP) is 1.60. The molecule has 0 aliphatic rings. The number of ether oxygens (including phenoxy) is 2. The Bertz CT molecular complexity index is 325. The third-order valence-corrected chi connectivity index (χ3v) is 2.38. The van der Waals surface area contributed by atoms with Gasteiger partial charge in [0.2, 0.25) is 0 Å². The largest absolute Gasteiger partial charge is 0.467 e. The van der Waals surface area contributed by atoms with Crippen LogP contribution in [0.3, 0.4) is 0 Å². The molecule has 1 rings (SSSR count). The van der Waals surface area contributed by atoms with Gasteiger partial charge in [0.25, 0.3) is 0 Å². The fraction of sp³-hybridized carbons (Fsp3) is 0.500. The van der Waals surface area contributed by atoms with Crippen molar-refractivity contribution in [1.82, 2.24) is 0 Å². The Labute approximate surface area is 95.4 Å². The monoisotopic (exact) mass is 226 g/mol. The van der Waals surface area contributed by atoms with Crippen LogP contribution < -0.4 is 4.74 Å². The summed E-state index contributed by atoms with van der Waals surface area (Å²) in [6.07, 6.45) is -0.0596. The van der Waals surface area contributed by atoms with Gasteiger partial charge >= 0.3 is 0 Å². The van der Waals surface area contributed by atoms with Gasteiger partial charge in [0, 0.05) is 12.7 Å². The second-order valence-electron chi connectivity index (χ2n) is 3.46. The van der Waals surface area contributed by atoms with E-state index in [4.69, 9.17) is 9.47 Å². The van der Waals surface area contributed by atoms with Gasteiger partial charge in [-0.15, -0.1) is 0 Å². The molecule has 0 saturated carbocycles. The van der Waals surface area contributed by atoms with Crippen molar-refractivity contribution in [1.29, 1.82) is 0 Å². The van der Waals surface area contributed by atoms with Crippen LogP contribution in [0.15, 0.2) is 18.2 Å². The van der Waals surface area contributed by atoms with Gasteiger partial charge in [0.05, 0.1) is 12.7 Å². The average molecular weight is 226 g/mol. The molecular formula is C12H18O4. The number of methoxy groups -OCH3 is 1. The van der Waals surface area contributed by atoms with Crippen molar-refractivity contribution in [2.75, 3.05) is 13.9 Å². The Balaban J connectivity index is 3.04. The van der Waals surface area contributed by atoms with Crippen molar-refractivity contribution in [2.45, 2.75) is 26.1 Å². The van der Waals surface area contributed by atoms with Gasteiger partial charge < -0.3 is 19.7 Å². The van der Waals surface area contributed by atoms with Crippen LogP contribution in [0.25, 0.3) is 0 Å². The molecule has 2 N–H and O–H groups in total. The second-order valence-corrected chi connectivity index (χ2v) is 3.46. The third-order valence-electron chi connectivity index (χ3n) is 2.38. The molecule has 0 saturated heterocycles. The van der Waals surface area contributed by atoms with E-state index >= 15 is 0 Å². The molecule has 90 valence electrons. The molecule has 0 bridgehead atoms. The van der Waals surface area contributed by atoms with E-state index < -0.39 is 6.10 Å². The molecule has 0 amide bonds. The predicted molar refractivity (Wildman–Crippen MR) is 60.1 cm³/mol. The molecule has 0 spiro atoms. The van der Waals surface area contributed by atoms with Crippen LogP contribution in [0.1, 0.15) is 30.6 Å². The Hall–Kier alpha value is -1.10. The van der Waals surface area contributed by atoms with Gasteiger partial charge in [-0.3, -0.25) is 0 Å². The lowest BCUT2D eigenvalue weighted by molar-refractivity contribution is 0.0475. The maximum absolute atomic E-state index is 9.89. The van der Waals surface area contributed by atoms with Crippen molar-refractivity contribution in [3.63, 3.8) is 0 Å². The lowest BCUT2D eigenvalue weighted by atomic mass is 10.00. The summed E-state index contributed by atoms with van der Waals surface area (Å²) in [6, 6.07) is 5.31. The molecule has 0 radical (unpaired) electrons. The summed E-state index contributed by atoms with van der Waals surface area (Å²) in [5.41, 5.74) is 1.33. The number of benzene rings is 1. The highest BCUT2D eigenvalue weighted by Gasteiger charge is 2.16. The standard InChI is InChI=1S/C12H18O4/c1-3-10(14)12-9(7-13)5-4-6-11(12)16-8-15-2/h4-6,10,13-14H,3,7-8H2,1-2H3. The normalized spacial score (nSPS) is 12.5. The molecule has 0 aromatic heterocycles. The zero-order valence-corrected chi connectivity index (χ0v) is 9.64. The number of aliphatic hydroxyl groups excluding tert-OH is 2. The van der Waals surface area contributed by atoms with E-state index in [1.54, 1.807) is 18.2 Å². The third kappa shape index (κ3) is 2.95. The van der Waals surface area contributed by atoms with Crippen LogP contribution in [0.2, 0.25) is 0 Å². The van der Waals surface area contributed by atoms with E-state index in [2.05, 4.69) is 0 Å². The Morgan fingerprint density at radius 3 is 2.69 bits per heavy atom. The molecule has 4 nitrogen and oxygen atoms in total. The summed E-state index contributed by atoms with van der Waals surface area (Å²) < 4.78 is 10.2. The summed E-state index contributed by atoms with van der Waals surface area (Å²) >= 11 is 0. The van der Waals surface area contributed by atoms with Crippen LogP contribution in [0.4, 0.5) is 0 Å². The van der Waals surface area contributed by atoms with Gasteiger partial charge in [-0.05, 0) is 18.1 Å². The van der Waals surface area contributed by atoms with Gasteiger partial charge in [-0.2, -0.15) is 0 Å². The maximum atomic E-state index is 9.89. The first-order valence-electron chi connectivity index (χ1n) is 5.27. The van der Waals surface area contributed by atoms with Crippen LogP contribution in [-0.2, 0) is 11.3 Å². The molecule has 1 atom stereocenters. The summed E-state index contributed by atoms with van der Waals surface area (Å²) in [5, 5.41) is 19.1. The van der Waals surface area contributed by atoms with E-state index in [9.17, 15) is 10.2 Å². The van der Waals surface area contributed by atoms with Gasteiger partial charge in [-0.25, -0.2) is 0 Å². The fourth-order valence-corrected chi connectivity index (χ4v) is 1.56. The van der Waals surface area contributed by atoms with Gasteiger partial charge in [0.1, 0.15) is 5.75 Å². The molecule has 0 aliphatic heterocycles. The van der Waals surface area contributed by atoms with Crippen molar-refractivity contribution >= 4 is 0 Å². The number of hydrogen-bond donors (Lipinski definition) is 2. The fourth-order valence-electron chi connectivity index (χ4n) is 1.56. The van der Waals surface area contributed by atoms with E-state index in [1.165, 1.54) is 7.11 Å². The summed E-state index contributed by atoms with van der Waals surface area (Å²) in [7, 11) is 1.53. The summed E-state index contributed by atoms with van der Waals surface area (Å²) in [4.78, 5) is 0.